The van der Waals surface area contributed by atoms with Gasteiger partial charge in [0.15, 0.2) is 29.0 Å². The molecule has 0 radical (unpaired) electrons. The Morgan fingerprint density at radius 1 is 0.373 bits per heavy atom. The molecule has 51 heavy (non-hydrogen) atoms. The molecule has 3 heterocycles. The van der Waals surface area contributed by atoms with Crippen LogP contribution in [0.5, 0.6) is 11.5 Å². The van der Waals surface area contributed by atoms with E-state index in [-0.39, 0.29) is 0 Å². The van der Waals surface area contributed by atoms with E-state index in [1.807, 2.05) is 103 Å². The highest BCUT2D eigenvalue weighted by atomic mass is 16.5. The van der Waals surface area contributed by atoms with Crippen molar-refractivity contribution < 1.29 is 9.15 Å². The number of benzene rings is 7. The van der Waals surface area contributed by atoms with Gasteiger partial charge in [0, 0.05) is 33.2 Å². The van der Waals surface area contributed by atoms with Crippen LogP contribution in [0.4, 0.5) is 17.1 Å². The number of hydrogen-bond acceptors (Lipinski definition) is 6. The largest absolute Gasteiger partial charge is 0.456 e. The number of aromatic nitrogens is 3. The number of anilines is 3. The zero-order valence-corrected chi connectivity index (χ0v) is 27.3. The molecule has 6 nitrogen and oxygen atoms in total. The molecule has 0 unspecified atom stereocenters. The van der Waals surface area contributed by atoms with Gasteiger partial charge in [-0.15, -0.1) is 0 Å². The minimum Gasteiger partial charge on any atom is -0.456 e. The van der Waals surface area contributed by atoms with E-state index in [0.717, 1.165) is 78.3 Å². The van der Waals surface area contributed by atoms with Gasteiger partial charge in [-0.3, -0.25) is 0 Å². The van der Waals surface area contributed by atoms with E-state index in [2.05, 4.69) is 71.6 Å². The van der Waals surface area contributed by atoms with Gasteiger partial charge in [-0.2, -0.15) is 0 Å². The van der Waals surface area contributed by atoms with Crippen LogP contribution < -0.4 is 9.64 Å². The maximum absolute atomic E-state index is 6.55. The predicted molar refractivity (Wildman–Crippen MR) is 204 cm³/mol. The molecular formula is C45H28N4O2. The molecular weight excluding hydrogens is 629 g/mol. The van der Waals surface area contributed by atoms with E-state index < -0.39 is 0 Å². The number of furan rings is 1. The third-order valence-electron chi connectivity index (χ3n) is 9.32. The Bertz CT molecular complexity index is 2670. The van der Waals surface area contributed by atoms with Crippen molar-refractivity contribution in [2.45, 2.75) is 0 Å². The van der Waals surface area contributed by atoms with E-state index in [1.54, 1.807) is 0 Å². The molecule has 0 amide bonds. The minimum absolute atomic E-state index is 0.615. The fourth-order valence-electron chi connectivity index (χ4n) is 6.82. The van der Waals surface area contributed by atoms with Gasteiger partial charge in [-0.25, -0.2) is 15.0 Å². The second kappa shape index (κ2) is 11.8. The lowest BCUT2D eigenvalue weighted by Crippen LogP contribution is -2.15. The van der Waals surface area contributed by atoms with Crippen LogP contribution >= 0.6 is 0 Å². The van der Waals surface area contributed by atoms with Crippen molar-refractivity contribution in [1.29, 1.82) is 0 Å². The molecule has 0 N–H and O–H groups in total. The van der Waals surface area contributed by atoms with Gasteiger partial charge < -0.3 is 14.1 Å². The Balaban J connectivity index is 1.04. The van der Waals surface area contributed by atoms with E-state index in [1.165, 1.54) is 0 Å². The summed E-state index contributed by atoms with van der Waals surface area (Å²) in [6, 6.07) is 57.5. The SMILES string of the molecule is c1ccc(-c2nc(-c3ccccc3)nc(-c3ccc(N4c5ccccc5Oc5cc(-c6ccc7oc8ccccc8c7c6)ccc54)cc3)n2)cc1. The van der Waals surface area contributed by atoms with Crippen molar-refractivity contribution in [3.8, 4) is 56.8 Å². The third-order valence-corrected chi connectivity index (χ3v) is 9.32. The first-order valence-corrected chi connectivity index (χ1v) is 16.9. The highest BCUT2D eigenvalue weighted by molar-refractivity contribution is 6.06. The molecule has 0 atom stereocenters. The summed E-state index contributed by atoms with van der Waals surface area (Å²) in [6.07, 6.45) is 0. The number of fused-ring (bicyclic) bond motifs is 5. The highest BCUT2D eigenvalue weighted by Gasteiger charge is 2.26. The number of hydrogen-bond donors (Lipinski definition) is 0. The maximum atomic E-state index is 6.55. The fraction of sp³-hybridized carbons (Fsp3) is 0. The van der Waals surface area contributed by atoms with Crippen LogP contribution in [0.3, 0.4) is 0 Å². The summed E-state index contributed by atoms with van der Waals surface area (Å²) in [6.45, 7) is 0. The average Bonchev–Trinajstić information content (AvgIpc) is 3.58. The standard InChI is InChI=1S/C45H28N4O2/c1-3-11-29(12-4-1)43-46-44(30-13-5-2-6-14-30)48-45(47-43)31-19-23-34(24-20-31)49-37-16-8-10-18-41(37)51-42-28-33(21-25-38(42)49)32-22-26-40-36(27-32)35-15-7-9-17-39(35)50-40/h1-28H. The molecule has 0 saturated carbocycles. The van der Waals surface area contributed by atoms with Gasteiger partial charge in [-0.05, 0) is 77.9 Å². The van der Waals surface area contributed by atoms with Crippen LogP contribution in [-0.2, 0) is 0 Å². The van der Waals surface area contributed by atoms with Crippen LogP contribution in [0.15, 0.2) is 174 Å². The lowest BCUT2D eigenvalue weighted by molar-refractivity contribution is 0.477. The third kappa shape index (κ3) is 5.09. The molecule has 6 heteroatoms. The minimum atomic E-state index is 0.615. The lowest BCUT2D eigenvalue weighted by atomic mass is 10.0. The summed E-state index contributed by atoms with van der Waals surface area (Å²) in [5.41, 5.74) is 9.62. The van der Waals surface area contributed by atoms with Gasteiger partial charge in [0.1, 0.15) is 11.2 Å². The molecule has 0 spiro atoms. The Hall–Kier alpha value is -7.05. The average molecular weight is 657 g/mol. The monoisotopic (exact) mass is 656 g/mol. The van der Waals surface area contributed by atoms with Crippen molar-refractivity contribution in [2.24, 2.45) is 0 Å². The van der Waals surface area contributed by atoms with Crippen LogP contribution in [0.2, 0.25) is 0 Å². The molecule has 1 aliphatic heterocycles. The molecule has 240 valence electrons. The summed E-state index contributed by atoms with van der Waals surface area (Å²) < 4.78 is 12.6. The normalized spacial score (nSPS) is 12.0. The Morgan fingerprint density at radius 3 is 1.63 bits per heavy atom. The summed E-state index contributed by atoms with van der Waals surface area (Å²) in [5, 5.41) is 2.20. The van der Waals surface area contributed by atoms with Gasteiger partial charge in [0.25, 0.3) is 0 Å². The van der Waals surface area contributed by atoms with Gasteiger partial charge in [-0.1, -0.05) is 103 Å². The van der Waals surface area contributed by atoms with Crippen molar-refractivity contribution >= 4 is 39.0 Å². The number of para-hydroxylation sites is 3. The smallest absolute Gasteiger partial charge is 0.164 e. The fourth-order valence-corrected chi connectivity index (χ4v) is 6.82. The Kier molecular flexibility index (Phi) is 6.70. The van der Waals surface area contributed by atoms with Crippen LogP contribution in [0.1, 0.15) is 0 Å². The van der Waals surface area contributed by atoms with Gasteiger partial charge >= 0.3 is 0 Å². The first kappa shape index (κ1) is 28.9. The molecule has 10 rings (SSSR count). The predicted octanol–water partition coefficient (Wildman–Crippen LogP) is 12.0. The Morgan fingerprint density at radius 2 is 0.902 bits per heavy atom. The number of rotatable bonds is 5. The summed E-state index contributed by atoms with van der Waals surface area (Å²) >= 11 is 0. The quantitative estimate of drug-likeness (QED) is 0.184. The topological polar surface area (TPSA) is 64.3 Å². The van der Waals surface area contributed by atoms with Gasteiger partial charge in [0.05, 0.1) is 11.4 Å². The van der Waals surface area contributed by atoms with Crippen molar-refractivity contribution in [3.63, 3.8) is 0 Å². The molecule has 0 bridgehead atoms. The molecule has 0 fully saturated rings. The van der Waals surface area contributed by atoms with Crippen LogP contribution in [-0.4, -0.2) is 15.0 Å². The number of nitrogens with zero attached hydrogens (tertiary/aromatic N) is 4. The molecule has 7 aromatic carbocycles. The van der Waals surface area contributed by atoms with Gasteiger partial charge in [0.2, 0.25) is 0 Å². The second-order valence-electron chi connectivity index (χ2n) is 12.5. The van der Waals surface area contributed by atoms with E-state index in [0.29, 0.717) is 17.5 Å². The van der Waals surface area contributed by atoms with Crippen LogP contribution in [0.25, 0.3) is 67.2 Å². The zero-order chi connectivity index (χ0) is 33.7. The van der Waals surface area contributed by atoms with E-state index in [9.17, 15) is 0 Å². The summed E-state index contributed by atoms with van der Waals surface area (Å²) in [7, 11) is 0. The van der Waals surface area contributed by atoms with Crippen LogP contribution in [0, 0.1) is 0 Å². The zero-order valence-electron chi connectivity index (χ0n) is 27.3. The van der Waals surface area contributed by atoms with E-state index in [4.69, 9.17) is 24.1 Å². The van der Waals surface area contributed by atoms with Crippen molar-refractivity contribution in [2.75, 3.05) is 4.90 Å². The molecule has 0 aliphatic carbocycles. The van der Waals surface area contributed by atoms with Crippen molar-refractivity contribution in [1.82, 2.24) is 15.0 Å². The second-order valence-corrected chi connectivity index (χ2v) is 12.5. The first-order chi connectivity index (χ1) is 25.2. The molecule has 1 aliphatic rings. The summed E-state index contributed by atoms with van der Waals surface area (Å²) in [4.78, 5) is 16.9. The molecule has 2 aromatic heterocycles. The van der Waals surface area contributed by atoms with Crippen molar-refractivity contribution in [3.05, 3.63) is 170 Å². The first-order valence-electron chi connectivity index (χ1n) is 16.9. The highest BCUT2D eigenvalue weighted by Crippen LogP contribution is 2.51. The maximum Gasteiger partial charge on any atom is 0.164 e. The van der Waals surface area contributed by atoms with E-state index >= 15 is 0 Å². The summed E-state index contributed by atoms with van der Waals surface area (Å²) in [5.74, 6) is 3.46. The Labute approximate surface area is 293 Å². The number of ether oxygens (including phenoxy) is 1. The lowest BCUT2D eigenvalue weighted by Gasteiger charge is -2.33. The molecule has 9 aromatic rings. The molecule has 0 saturated heterocycles.